The van der Waals surface area contributed by atoms with Crippen molar-refractivity contribution in [3.8, 4) is 17.2 Å². The number of hydrogen-bond acceptors (Lipinski definition) is 6. The van der Waals surface area contributed by atoms with Crippen molar-refractivity contribution in [2.24, 2.45) is 0 Å². The first-order valence-electron chi connectivity index (χ1n) is 12.6. The summed E-state index contributed by atoms with van der Waals surface area (Å²) in [4.78, 5) is 30.8. The number of nitrogens with zero attached hydrogens (tertiary/aromatic N) is 1. The van der Waals surface area contributed by atoms with Crippen molar-refractivity contribution < 1.29 is 18.7 Å². The van der Waals surface area contributed by atoms with Crippen LogP contribution < -0.4 is 15.4 Å². The number of benzene rings is 4. The van der Waals surface area contributed by atoms with Gasteiger partial charge in [0.25, 0.3) is 5.91 Å². The summed E-state index contributed by atoms with van der Waals surface area (Å²) in [7, 11) is 0. The first-order chi connectivity index (χ1) is 19.1. The van der Waals surface area contributed by atoms with Crippen LogP contribution in [0.5, 0.6) is 5.75 Å². The minimum Gasteiger partial charge on any atom is -0.484 e. The van der Waals surface area contributed by atoms with E-state index in [4.69, 9.17) is 9.15 Å². The van der Waals surface area contributed by atoms with Gasteiger partial charge in [0.1, 0.15) is 11.3 Å². The minimum absolute atomic E-state index is 0.0907. The number of anilines is 2. The Morgan fingerprint density at radius 2 is 1.64 bits per heavy atom. The summed E-state index contributed by atoms with van der Waals surface area (Å²) in [5.41, 5.74) is 3.71. The minimum atomic E-state index is -0.311. The molecule has 1 aromatic heterocycles. The molecule has 0 radical (unpaired) electrons. The van der Waals surface area contributed by atoms with E-state index < -0.39 is 0 Å². The molecule has 2 N–H and O–H groups in total. The van der Waals surface area contributed by atoms with Crippen LogP contribution in [0.3, 0.4) is 0 Å². The highest BCUT2D eigenvalue weighted by Gasteiger charge is 2.19. The van der Waals surface area contributed by atoms with Crippen molar-refractivity contribution in [1.82, 2.24) is 4.98 Å². The molecule has 0 aliphatic carbocycles. The zero-order valence-electron chi connectivity index (χ0n) is 21.3. The van der Waals surface area contributed by atoms with E-state index >= 15 is 0 Å². The molecular formula is C31H27N3O4S. The van der Waals surface area contributed by atoms with Gasteiger partial charge in [-0.1, -0.05) is 43.3 Å². The van der Waals surface area contributed by atoms with Crippen LogP contribution in [0.25, 0.3) is 22.6 Å². The number of hydrogen-bond donors (Lipinski definition) is 2. The summed E-state index contributed by atoms with van der Waals surface area (Å²) < 4.78 is 11.3. The van der Waals surface area contributed by atoms with Gasteiger partial charge >= 0.3 is 0 Å². The highest BCUT2D eigenvalue weighted by atomic mass is 32.2. The molecule has 0 saturated carbocycles. The molecule has 8 heteroatoms. The molecule has 0 spiro atoms. The molecule has 39 heavy (non-hydrogen) atoms. The van der Waals surface area contributed by atoms with Gasteiger partial charge in [0.05, 0.1) is 5.25 Å². The summed E-state index contributed by atoms with van der Waals surface area (Å²) in [6, 6.07) is 31.7. The normalized spacial score (nSPS) is 11.6. The summed E-state index contributed by atoms with van der Waals surface area (Å²) in [5.74, 6) is 0.819. The summed E-state index contributed by atoms with van der Waals surface area (Å²) in [6.07, 6.45) is 0.638. The number of aromatic nitrogens is 1. The summed E-state index contributed by atoms with van der Waals surface area (Å²) in [5, 5.41) is 5.54. The van der Waals surface area contributed by atoms with E-state index in [-0.39, 0.29) is 23.7 Å². The molecular weight excluding hydrogens is 510 g/mol. The monoisotopic (exact) mass is 537 g/mol. The topological polar surface area (TPSA) is 93.5 Å². The molecule has 5 aromatic rings. The lowest BCUT2D eigenvalue weighted by Crippen LogP contribution is -2.24. The Labute approximate surface area is 230 Å². The Bertz CT molecular complexity index is 1540. The van der Waals surface area contributed by atoms with Crippen LogP contribution >= 0.6 is 11.8 Å². The Kier molecular flexibility index (Phi) is 8.23. The molecule has 0 aliphatic heterocycles. The predicted molar refractivity (Wildman–Crippen MR) is 155 cm³/mol. The molecule has 0 saturated heterocycles. The van der Waals surface area contributed by atoms with Gasteiger partial charge in [0, 0.05) is 21.8 Å². The number of amides is 2. The largest absolute Gasteiger partial charge is 0.484 e. The third-order valence-electron chi connectivity index (χ3n) is 5.87. The number of para-hydroxylation sites is 3. The summed E-state index contributed by atoms with van der Waals surface area (Å²) in [6.45, 7) is 1.88. The lowest BCUT2D eigenvalue weighted by molar-refractivity contribution is -0.118. The zero-order valence-corrected chi connectivity index (χ0v) is 22.1. The first-order valence-corrected chi connectivity index (χ1v) is 13.5. The number of nitrogens with one attached hydrogen (secondary N) is 2. The zero-order chi connectivity index (χ0) is 27.0. The molecule has 0 fully saturated rings. The van der Waals surface area contributed by atoms with Crippen LogP contribution in [-0.2, 0) is 9.59 Å². The lowest BCUT2D eigenvalue weighted by atomic mass is 10.2. The first kappa shape index (κ1) is 26.1. The van der Waals surface area contributed by atoms with E-state index in [0.717, 1.165) is 21.6 Å². The average Bonchev–Trinajstić information content (AvgIpc) is 3.40. The molecule has 196 valence electrons. The van der Waals surface area contributed by atoms with E-state index in [9.17, 15) is 9.59 Å². The number of thioether (sulfide) groups is 1. The highest BCUT2D eigenvalue weighted by Crippen LogP contribution is 2.29. The van der Waals surface area contributed by atoms with Crippen molar-refractivity contribution in [3.05, 3.63) is 103 Å². The molecule has 1 unspecified atom stereocenters. The molecule has 1 atom stereocenters. The van der Waals surface area contributed by atoms with Crippen molar-refractivity contribution in [2.75, 3.05) is 17.2 Å². The number of ether oxygens (including phenoxy) is 1. The third kappa shape index (κ3) is 6.86. The smallest absolute Gasteiger partial charge is 0.262 e. The molecule has 5 rings (SSSR count). The van der Waals surface area contributed by atoms with Crippen LogP contribution in [-0.4, -0.2) is 28.7 Å². The van der Waals surface area contributed by atoms with Gasteiger partial charge in [-0.05, 0) is 73.2 Å². The van der Waals surface area contributed by atoms with E-state index in [2.05, 4.69) is 15.6 Å². The Morgan fingerprint density at radius 1 is 0.872 bits per heavy atom. The maximum Gasteiger partial charge on any atom is 0.262 e. The van der Waals surface area contributed by atoms with Gasteiger partial charge in [-0.3, -0.25) is 9.59 Å². The van der Waals surface area contributed by atoms with Crippen LogP contribution in [0.4, 0.5) is 11.4 Å². The van der Waals surface area contributed by atoms with Gasteiger partial charge in [0.15, 0.2) is 12.2 Å². The van der Waals surface area contributed by atoms with Crippen molar-refractivity contribution >= 4 is 46.1 Å². The fourth-order valence-electron chi connectivity index (χ4n) is 3.91. The van der Waals surface area contributed by atoms with Crippen LogP contribution in [0.15, 0.2) is 112 Å². The number of carbonyl (C=O) groups is 2. The van der Waals surface area contributed by atoms with Gasteiger partial charge in [-0.2, -0.15) is 0 Å². The number of rotatable bonds is 10. The van der Waals surface area contributed by atoms with Crippen LogP contribution in [0, 0.1) is 0 Å². The molecule has 7 nitrogen and oxygen atoms in total. The van der Waals surface area contributed by atoms with Gasteiger partial charge in [0.2, 0.25) is 11.8 Å². The molecule has 0 bridgehead atoms. The highest BCUT2D eigenvalue weighted by molar-refractivity contribution is 8.00. The standard InChI is InChI=1S/C31H27N3O4S/c1-2-28(39-25-12-8-9-23(19-25)32-29(35)20-37-24-10-4-3-5-11-24)30(36)33-22-17-15-21(16-18-22)31-34-26-13-6-7-14-27(26)38-31/h3-19,28H,2,20H2,1H3,(H,32,35)(H,33,36). The van der Waals surface area contributed by atoms with Crippen molar-refractivity contribution in [1.29, 1.82) is 0 Å². The van der Waals surface area contributed by atoms with E-state index in [0.29, 0.717) is 29.4 Å². The van der Waals surface area contributed by atoms with Gasteiger partial charge in [-0.25, -0.2) is 4.98 Å². The average molecular weight is 538 g/mol. The maximum atomic E-state index is 13.1. The van der Waals surface area contributed by atoms with E-state index in [1.165, 1.54) is 11.8 Å². The molecule has 0 aliphatic rings. The SMILES string of the molecule is CCC(Sc1cccc(NC(=O)COc2ccccc2)c1)C(=O)Nc1ccc(-c2nc3ccccc3o2)cc1. The van der Waals surface area contributed by atoms with Crippen molar-refractivity contribution in [3.63, 3.8) is 0 Å². The third-order valence-corrected chi connectivity index (χ3v) is 7.22. The van der Waals surface area contributed by atoms with Crippen LogP contribution in [0.1, 0.15) is 13.3 Å². The number of carbonyl (C=O) groups excluding carboxylic acids is 2. The Balaban J connectivity index is 1.17. The second-order valence-electron chi connectivity index (χ2n) is 8.75. The van der Waals surface area contributed by atoms with E-state index in [1.54, 1.807) is 12.1 Å². The predicted octanol–water partition coefficient (Wildman–Crippen LogP) is 7.02. The fourth-order valence-corrected chi connectivity index (χ4v) is 4.92. The Hall–Kier alpha value is -4.56. The summed E-state index contributed by atoms with van der Waals surface area (Å²) >= 11 is 1.45. The van der Waals surface area contributed by atoms with Crippen molar-refractivity contribution in [2.45, 2.75) is 23.5 Å². The molecule has 4 aromatic carbocycles. The van der Waals surface area contributed by atoms with Gasteiger partial charge < -0.3 is 19.8 Å². The lowest BCUT2D eigenvalue weighted by Gasteiger charge is -2.16. The number of oxazole rings is 1. The van der Waals surface area contributed by atoms with E-state index in [1.807, 2.05) is 97.9 Å². The quantitative estimate of drug-likeness (QED) is 0.186. The molecule has 2 amide bonds. The fraction of sp³-hybridized carbons (Fsp3) is 0.129. The Morgan fingerprint density at radius 3 is 2.41 bits per heavy atom. The van der Waals surface area contributed by atoms with Gasteiger partial charge in [-0.15, -0.1) is 11.8 Å². The second-order valence-corrected chi connectivity index (χ2v) is 10.0. The number of fused-ring (bicyclic) bond motifs is 1. The maximum absolute atomic E-state index is 13.1. The second kappa shape index (κ2) is 12.3. The molecule has 1 heterocycles. The van der Waals surface area contributed by atoms with Crippen LogP contribution in [0.2, 0.25) is 0 Å².